The zero-order valence-corrected chi connectivity index (χ0v) is 16.4. The average molecular weight is 395 g/mol. The Bertz CT molecular complexity index is 996. The second-order valence-corrected chi connectivity index (χ2v) is 7.92. The minimum atomic E-state index is -0.233. The van der Waals surface area contributed by atoms with Crippen molar-refractivity contribution >= 4 is 39.2 Å². The quantitative estimate of drug-likeness (QED) is 0.732. The molecule has 0 spiro atoms. The van der Waals surface area contributed by atoms with E-state index < -0.39 is 0 Å². The number of anilines is 1. The van der Waals surface area contributed by atoms with Crippen LogP contribution in [0, 0.1) is 6.92 Å². The molecular formula is C20H21N5O2S. The highest BCUT2D eigenvalue weighted by Crippen LogP contribution is 2.30. The van der Waals surface area contributed by atoms with Crippen LogP contribution in [0.1, 0.15) is 15.2 Å². The molecule has 1 aromatic carbocycles. The lowest BCUT2D eigenvalue weighted by molar-refractivity contribution is -0.130. The summed E-state index contributed by atoms with van der Waals surface area (Å²) in [4.78, 5) is 39.6. The molecule has 1 N–H and O–H groups in total. The summed E-state index contributed by atoms with van der Waals surface area (Å²) >= 11 is 1.66. The van der Waals surface area contributed by atoms with E-state index in [4.69, 9.17) is 0 Å². The van der Waals surface area contributed by atoms with Crippen molar-refractivity contribution in [2.45, 2.75) is 6.92 Å². The number of thiophene rings is 1. The van der Waals surface area contributed by atoms with E-state index >= 15 is 0 Å². The van der Waals surface area contributed by atoms with Gasteiger partial charge in [-0.15, -0.1) is 11.3 Å². The summed E-state index contributed by atoms with van der Waals surface area (Å²) in [6, 6.07) is 11.0. The Labute approximate surface area is 167 Å². The minimum absolute atomic E-state index is 0.00913. The topological polar surface area (TPSA) is 78.4 Å². The molecule has 0 saturated carbocycles. The van der Waals surface area contributed by atoms with Crippen LogP contribution >= 0.6 is 11.3 Å². The number of benzene rings is 1. The number of aromatic nitrogens is 2. The van der Waals surface area contributed by atoms with Crippen molar-refractivity contribution in [3.8, 4) is 0 Å². The fraction of sp³-hybridized carbons (Fsp3) is 0.300. The van der Waals surface area contributed by atoms with Crippen LogP contribution in [-0.2, 0) is 4.79 Å². The molecule has 4 rings (SSSR count). The van der Waals surface area contributed by atoms with Gasteiger partial charge in [-0.2, -0.15) is 0 Å². The molecule has 0 unspecified atom stereocenters. The smallest absolute Gasteiger partial charge is 0.251 e. The molecule has 1 aliphatic heterocycles. The van der Waals surface area contributed by atoms with Gasteiger partial charge in [0.15, 0.2) is 0 Å². The Kier molecular flexibility index (Phi) is 5.21. The Hall–Kier alpha value is -3.00. The van der Waals surface area contributed by atoms with Gasteiger partial charge in [-0.25, -0.2) is 9.97 Å². The fourth-order valence-corrected chi connectivity index (χ4v) is 4.18. The molecule has 28 heavy (non-hydrogen) atoms. The van der Waals surface area contributed by atoms with E-state index in [2.05, 4.69) is 33.2 Å². The van der Waals surface area contributed by atoms with Crippen LogP contribution in [0.5, 0.6) is 0 Å². The number of hydrogen-bond donors (Lipinski definition) is 1. The van der Waals surface area contributed by atoms with Gasteiger partial charge in [0.25, 0.3) is 5.91 Å². The van der Waals surface area contributed by atoms with Crippen LogP contribution in [0.4, 0.5) is 5.82 Å². The van der Waals surface area contributed by atoms with Gasteiger partial charge in [-0.05, 0) is 25.1 Å². The van der Waals surface area contributed by atoms with Crippen LogP contribution in [0.2, 0.25) is 0 Å². The molecule has 1 saturated heterocycles. The van der Waals surface area contributed by atoms with Crippen molar-refractivity contribution in [2.75, 3.05) is 37.6 Å². The van der Waals surface area contributed by atoms with Gasteiger partial charge in [0.2, 0.25) is 5.91 Å². The van der Waals surface area contributed by atoms with E-state index in [0.29, 0.717) is 31.7 Å². The van der Waals surface area contributed by atoms with Crippen molar-refractivity contribution in [3.63, 3.8) is 0 Å². The number of rotatable bonds is 4. The van der Waals surface area contributed by atoms with Gasteiger partial charge >= 0.3 is 0 Å². The molecule has 3 heterocycles. The van der Waals surface area contributed by atoms with Gasteiger partial charge in [0.1, 0.15) is 17.0 Å². The largest absolute Gasteiger partial charge is 0.352 e. The van der Waals surface area contributed by atoms with E-state index in [1.165, 1.54) is 4.88 Å². The Morgan fingerprint density at radius 3 is 2.61 bits per heavy atom. The van der Waals surface area contributed by atoms with Crippen molar-refractivity contribution in [2.24, 2.45) is 0 Å². The van der Waals surface area contributed by atoms with Gasteiger partial charge < -0.3 is 15.1 Å². The van der Waals surface area contributed by atoms with Gasteiger partial charge in [-0.3, -0.25) is 9.59 Å². The number of carbonyl (C=O) groups is 2. The maximum Gasteiger partial charge on any atom is 0.251 e. The van der Waals surface area contributed by atoms with E-state index in [1.54, 1.807) is 46.8 Å². The lowest BCUT2D eigenvalue weighted by Crippen LogP contribution is -2.51. The summed E-state index contributed by atoms with van der Waals surface area (Å²) in [5.74, 6) is 0.630. The standard InChI is InChI=1S/C20H21N5O2S/c1-14-11-16-18(22-13-23-20(16)28-14)25-9-7-24(8-10-25)17(26)12-21-19(27)15-5-3-2-4-6-15/h2-6,11,13H,7-10,12H2,1H3,(H,21,27). The molecule has 0 aliphatic carbocycles. The van der Waals surface area contributed by atoms with Crippen molar-refractivity contribution < 1.29 is 9.59 Å². The molecule has 0 bridgehead atoms. The van der Waals surface area contributed by atoms with E-state index in [0.717, 1.165) is 16.0 Å². The Morgan fingerprint density at radius 2 is 1.86 bits per heavy atom. The fourth-order valence-electron chi connectivity index (χ4n) is 3.34. The van der Waals surface area contributed by atoms with Crippen LogP contribution in [0.15, 0.2) is 42.7 Å². The first-order valence-corrected chi connectivity index (χ1v) is 10.0. The van der Waals surface area contributed by atoms with Gasteiger partial charge in [0, 0.05) is 36.6 Å². The molecule has 2 aromatic heterocycles. The lowest BCUT2D eigenvalue weighted by atomic mass is 10.2. The van der Waals surface area contributed by atoms with Crippen LogP contribution in [0.3, 0.4) is 0 Å². The second-order valence-electron chi connectivity index (χ2n) is 6.69. The summed E-state index contributed by atoms with van der Waals surface area (Å²) in [5.41, 5.74) is 0.555. The van der Waals surface area contributed by atoms with E-state index in [-0.39, 0.29) is 18.4 Å². The molecule has 8 heteroatoms. The van der Waals surface area contributed by atoms with Crippen molar-refractivity contribution in [3.05, 3.63) is 53.2 Å². The molecule has 1 fully saturated rings. The first-order chi connectivity index (χ1) is 13.6. The predicted molar refractivity (Wildman–Crippen MR) is 110 cm³/mol. The zero-order chi connectivity index (χ0) is 19.5. The number of piperazine rings is 1. The summed E-state index contributed by atoms with van der Waals surface area (Å²) in [5, 5.41) is 3.77. The molecule has 0 radical (unpaired) electrons. The zero-order valence-electron chi connectivity index (χ0n) is 15.6. The molecule has 3 aromatic rings. The second kappa shape index (κ2) is 7.93. The Balaban J connectivity index is 1.33. The molecule has 7 nitrogen and oxygen atoms in total. The number of carbonyl (C=O) groups excluding carboxylic acids is 2. The third kappa shape index (κ3) is 3.82. The van der Waals surface area contributed by atoms with Crippen LogP contribution in [-0.4, -0.2) is 59.4 Å². The predicted octanol–water partition coefficient (Wildman–Crippen LogP) is 2.08. The summed E-state index contributed by atoms with van der Waals surface area (Å²) in [7, 11) is 0. The van der Waals surface area contributed by atoms with Gasteiger partial charge in [-0.1, -0.05) is 18.2 Å². The highest BCUT2D eigenvalue weighted by atomic mass is 32.1. The number of amides is 2. The number of nitrogens with zero attached hydrogens (tertiary/aromatic N) is 4. The molecule has 2 amide bonds. The highest BCUT2D eigenvalue weighted by molar-refractivity contribution is 7.18. The first-order valence-electron chi connectivity index (χ1n) is 9.19. The van der Waals surface area contributed by atoms with Crippen molar-refractivity contribution in [1.29, 1.82) is 0 Å². The third-order valence-electron chi connectivity index (χ3n) is 4.80. The van der Waals surface area contributed by atoms with E-state index in [9.17, 15) is 9.59 Å². The minimum Gasteiger partial charge on any atom is -0.352 e. The maximum absolute atomic E-state index is 12.5. The summed E-state index contributed by atoms with van der Waals surface area (Å²) in [6.07, 6.45) is 1.60. The van der Waals surface area contributed by atoms with Crippen LogP contribution in [0.25, 0.3) is 10.2 Å². The highest BCUT2D eigenvalue weighted by Gasteiger charge is 2.23. The normalized spacial score (nSPS) is 14.3. The van der Waals surface area contributed by atoms with Gasteiger partial charge in [0.05, 0.1) is 11.9 Å². The monoisotopic (exact) mass is 395 g/mol. The average Bonchev–Trinajstić information content (AvgIpc) is 3.12. The maximum atomic E-state index is 12.5. The Morgan fingerprint density at radius 1 is 1.11 bits per heavy atom. The molecule has 0 atom stereocenters. The molecule has 1 aliphatic rings. The van der Waals surface area contributed by atoms with Crippen molar-refractivity contribution in [1.82, 2.24) is 20.2 Å². The number of aryl methyl sites for hydroxylation is 1. The number of hydrogen-bond acceptors (Lipinski definition) is 6. The number of nitrogens with one attached hydrogen (secondary N) is 1. The van der Waals surface area contributed by atoms with Crippen LogP contribution < -0.4 is 10.2 Å². The lowest BCUT2D eigenvalue weighted by Gasteiger charge is -2.35. The first kappa shape index (κ1) is 18.4. The number of fused-ring (bicyclic) bond motifs is 1. The van der Waals surface area contributed by atoms with E-state index in [1.807, 2.05) is 6.07 Å². The summed E-state index contributed by atoms with van der Waals surface area (Å²) in [6.45, 7) is 4.70. The summed E-state index contributed by atoms with van der Waals surface area (Å²) < 4.78 is 0. The molecular weight excluding hydrogens is 374 g/mol. The third-order valence-corrected chi connectivity index (χ3v) is 5.76. The SMILES string of the molecule is Cc1cc2c(N3CCN(C(=O)CNC(=O)c4ccccc4)CC3)ncnc2s1. The molecule has 144 valence electrons.